The van der Waals surface area contributed by atoms with Crippen LogP contribution >= 0.6 is 0 Å². The molecule has 1 N–H and O–H groups in total. The fourth-order valence-electron chi connectivity index (χ4n) is 2.94. The average Bonchev–Trinajstić information content (AvgIpc) is 2.94. The number of amides is 2. The number of rotatable bonds is 3. The van der Waals surface area contributed by atoms with Crippen molar-refractivity contribution in [3.63, 3.8) is 0 Å². The number of nitrogens with zero attached hydrogens (tertiary/aromatic N) is 1. The van der Waals surface area contributed by atoms with Crippen molar-refractivity contribution in [2.45, 2.75) is 38.1 Å². The van der Waals surface area contributed by atoms with Gasteiger partial charge in [-0.25, -0.2) is 4.79 Å². The lowest BCUT2D eigenvalue weighted by atomic mass is 9.95. The first-order valence-electron chi connectivity index (χ1n) is 7.59. The summed E-state index contributed by atoms with van der Waals surface area (Å²) in [5.41, 5.74) is 1.41. The molecule has 2 aliphatic rings. The van der Waals surface area contributed by atoms with Crippen molar-refractivity contribution < 1.29 is 14.3 Å². The van der Waals surface area contributed by atoms with Crippen molar-refractivity contribution in [3.8, 4) is 0 Å². The van der Waals surface area contributed by atoms with Gasteiger partial charge in [0.1, 0.15) is 6.61 Å². The molecule has 0 aromatic heterocycles. The van der Waals surface area contributed by atoms with E-state index in [-0.39, 0.29) is 12.0 Å². The van der Waals surface area contributed by atoms with Crippen LogP contribution in [-0.2, 0) is 4.74 Å². The molecule has 0 spiro atoms. The van der Waals surface area contributed by atoms with Gasteiger partial charge in [-0.05, 0) is 37.1 Å². The second-order valence-electron chi connectivity index (χ2n) is 5.62. The van der Waals surface area contributed by atoms with Crippen LogP contribution in [0, 0.1) is 0 Å². The number of carbonyl (C=O) groups is 2. The molecule has 5 nitrogen and oxygen atoms in total. The van der Waals surface area contributed by atoms with Gasteiger partial charge in [0.05, 0.1) is 6.54 Å². The highest BCUT2D eigenvalue weighted by atomic mass is 16.6. The van der Waals surface area contributed by atoms with Crippen LogP contribution in [-0.4, -0.2) is 31.2 Å². The summed E-state index contributed by atoms with van der Waals surface area (Å²) in [4.78, 5) is 25.2. The third kappa shape index (κ3) is 3.17. The summed E-state index contributed by atoms with van der Waals surface area (Å²) >= 11 is 0. The highest BCUT2D eigenvalue weighted by Gasteiger charge is 2.23. The third-order valence-electron chi connectivity index (χ3n) is 4.14. The van der Waals surface area contributed by atoms with E-state index in [0.717, 1.165) is 18.5 Å². The number of nitrogens with one attached hydrogen (secondary N) is 1. The molecule has 1 aromatic carbocycles. The van der Waals surface area contributed by atoms with Gasteiger partial charge in [-0.1, -0.05) is 19.3 Å². The van der Waals surface area contributed by atoms with Crippen LogP contribution in [0.5, 0.6) is 0 Å². The molecule has 112 valence electrons. The van der Waals surface area contributed by atoms with Crippen molar-refractivity contribution >= 4 is 17.7 Å². The Hall–Kier alpha value is -2.04. The topological polar surface area (TPSA) is 58.6 Å². The first-order chi connectivity index (χ1) is 10.2. The van der Waals surface area contributed by atoms with Crippen molar-refractivity contribution in [3.05, 3.63) is 29.8 Å². The van der Waals surface area contributed by atoms with Gasteiger partial charge in [-0.3, -0.25) is 9.69 Å². The molecule has 0 unspecified atom stereocenters. The Morgan fingerprint density at radius 1 is 1.14 bits per heavy atom. The third-order valence-corrected chi connectivity index (χ3v) is 4.14. The number of carbonyl (C=O) groups excluding carboxylic acids is 2. The molecule has 0 bridgehead atoms. The van der Waals surface area contributed by atoms with Crippen LogP contribution in [0.2, 0.25) is 0 Å². The van der Waals surface area contributed by atoms with Gasteiger partial charge in [0.25, 0.3) is 5.91 Å². The van der Waals surface area contributed by atoms with E-state index >= 15 is 0 Å². The van der Waals surface area contributed by atoms with Crippen LogP contribution < -0.4 is 10.2 Å². The van der Waals surface area contributed by atoms with E-state index in [2.05, 4.69) is 5.32 Å². The number of hydrogen-bond donors (Lipinski definition) is 1. The van der Waals surface area contributed by atoms with Crippen molar-refractivity contribution in [2.24, 2.45) is 0 Å². The van der Waals surface area contributed by atoms with Crippen LogP contribution in [0.3, 0.4) is 0 Å². The quantitative estimate of drug-likeness (QED) is 0.930. The lowest BCUT2D eigenvalue weighted by molar-refractivity contribution is 0.0927. The maximum atomic E-state index is 12.2. The minimum atomic E-state index is -0.325. The smallest absolute Gasteiger partial charge is 0.414 e. The largest absolute Gasteiger partial charge is 0.447 e. The van der Waals surface area contributed by atoms with E-state index in [9.17, 15) is 9.59 Å². The number of cyclic esters (lactones) is 1. The second-order valence-corrected chi connectivity index (χ2v) is 5.62. The van der Waals surface area contributed by atoms with E-state index in [1.54, 1.807) is 29.2 Å². The Morgan fingerprint density at radius 3 is 2.48 bits per heavy atom. The first kappa shape index (κ1) is 13.9. The minimum Gasteiger partial charge on any atom is -0.447 e. The molecule has 1 saturated heterocycles. The summed E-state index contributed by atoms with van der Waals surface area (Å²) in [5.74, 6) is -0.0301. The van der Waals surface area contributed by atoms with Gasteiger partial charge in [0, 0.05) is 17.3 Å². The van der Waals surface area contributed by atoms with Crippen molar-refractivity contribution in [1.29, 1.82) is 0 Å². The van der Waals surface area contributed by atoms with Crippen molar-refractivity contribution in [1.82, 2.24) is 5.32 Å². The maximum Gasteiger partial charge on any atom is 0.414 e. The highest BCUT2D eigenvalue weighted by Crippen LogP contribution is 2.20. The predicted octanol–water partition coefficient (Wildman–Crippen LogP) is 2.71. The molecule has 21 heavy (non-hydrogen) atoms. The Balaban J connectivity index is 1.63. The highest BCUT2D eigenvalue weighted by molar-refractivity contribution is 5.95. The molecule has 2 amide bonds. The fraction of sp³-hybridized carbons (Fsp3) is 0.500. The summed E-state index contributed by atoms with van der Waals surface area (Å²) < 4.78 is 4.91. The van der Waals surface area contributed by atoms with Gasteiger partial charge in [0.2, 0.25) is 0 Å². The van der Waals surface area contributed by atoms with Crippen LogP contribution in [0.4, 0.5) is 10.5 Å². The number of benzene rings is 1. The van der Waals surface area contributed by atoms with Gasteiger partial charge in [-0.15, -0.1) is 0 Å². The van der Waals surface area contributed by atoms with Gasteiger partial charge in [0.15, 0.2) is 0 Å². The Morgan fingerprint density at radius 2 is 1.86 bits per heavy atom. The zero-order valence-corrected chi connectivity index (χ0v) is 12.0. The lowest BCUT2D eigenvalue weighted by Crippen LogP contribution is -2.36. The monoisotopic (exact) mass is 288 g/mol. The summed E-state index contributed by atoms with van der Waals surface area (Å²) in [6.45, 7) is 0.981. The molecule has 1 aliphatic heterocycles. The standard InChI is InChI=1S/C16H20N2O3/c19-15(17-13-4-2-1-3-5-13)12-6-8-14(9-7-12)18-10-11-21-16(18)20/h6-9,13H,1-5,10-11H2,(H,17,19). The summed E-state index contributed by atoms with van der Waals surface area (Å²) in [7, 11) is 0. The molecule has 0 atom stereocenters. The normalized spacial score (nSPS) is 19.4. The average molecular weight is 288 g/mol. The Labute approximate surface area is 124 Å². The van der Waals surface area contributed by atoms with Crippen LogP contribution in [0.25, 0.3) is 0 Å². The Bertz CT molecular complexity index is 521. The second kappa shape index (κ2) is 6.16. The fourth-order valence-corrected chi connectivity index (χ4v) is 2.94. The minimum absolute atomic E-state index is 0.0301. The van der Waals surface area contributed by atoms with Crippen molar-refractivity contribution in [2.75, 3.05) is 18.1 Å². The van der Waals surface area contributed by atoms with Crippen LogP contribution in [0.1, 0.15) is 42.5 Å². The molecule has 2 fully saturated rings. The molecule has 5 heteroatoms. The molecular weight excluding hydrogens is 268 g/mol. The summed E-state index contributed by atoms with van der Waals surface area (Å²) in [6, 6.07) is 7.42. The van der Waals surface area contributed by atoms with E-state index < -0.39 is 0 Å². The molecule has 1 aliphatic carbocycles. The summed E-state index contributed by atoms with van der Waals surface area (Å²) in [5, 5.41) is 3.09. The first-order valence-corrected chi connectivity index (χ1v) is 7.59. The molecule has 0 radical (unpaired) electrons. The van der Waals surface area contributed by atoms with Gasteiger partial charge < -0.3 is 10.1 Å². The molecule has 1 heterocycles. The van der Waals surface area contributed by atoms with Gasteiger partial charge in [-0.2, -0.15) is 0 Å². The van der Waals surface area contributed by atoms with E-state index in [1.165, 1.54) is 19.3 Å². The maximum absolute atomic E-state index is 12.2. The zero-order chi connectivity index (χ0) is 14.7. The van der Waals surface area contributed by atoms with E-state index in [1.807, 2.05) is 0 Å². The van der Waals surface area contributed by atoms with E-state index in [0.29, 0.717) is 24.8 Å². The molecular formula is C16H20N2O3. The molecule has 3 rings (SSSR count). The van der Waals surface area contributed by atoms with Crippen LogP contribution in [0.15, 0.2) is 24.3 Å². The lowest BCUT2D eigenvalue weighted by Gasteiger charge is -2.22. The number of anilines is 1. The number of ether oxygens (including phenoxy) is 1. The van der Waals surface area contributed by atoms with E-state index in [4.69, 9.17) is 4.74 Å². The predicted molar refractivity (Wildman–Crippen MR) is 79.5 cm³/mol. The molecule has 1 saturated carbocycles. The van der Waals surface area contributed by atoms with Gasteiger partial charge >= 0.3 is 6.09 Å². The number of hydrogen-bond acceptors (Lipinski definition) is 3. The molecule has 1 aromatic rings. The Kier molecular flexibility index (Phi) is 4.08. The SMILES string of the molecule is O=C(NC1CCCCC1)c1ccc(N2CCOC2=O)cc1. The summed E-state index contributed by atoms with van der Waals surface area (Å²) in [6.07, 6.45) is 5.48. The zero-order valence-electron chi connectivity index (χ0n) is 12.0.